The average molecular weight is 547 g/mol. The first-order valence-electron chi connectivity index (χ1n) is 16.3. The van der Waals surface area contributed by atoms with Crippen molar-refractivity contribution in [1.82, 2.24) is 19.8 Å². The van der Waals surface area contributed by atoms with Gasteiger partial charge in [-0.05, 0) is 95.0 Å². The van der Waals surface area contributed by atoms with E-state index < -0.39 is 0 Å². The Morgan fingerprint density at radius 1 is 0.902 bits per heavy atom. The topological polar surface area (TPSA) is 44.4 Å². The molecule has 1 N–H and O–H groups in total. The molecule has 5 bridgehead atoms. The van der Waals surface area contributed by atoms with Crippen LogP contribution in [-0.4, -0.2) is 63.3 Å². The Morgan fingerprint density at radius 2 is 1.78 bits per heavy atom. The van der Waals surface area contributed by atoms with Gasteiger partial charge >= 0.3 is 0 Å². The van der Waals surface area contributed by atoms with Gasteiger partial charge in [0.05, 0.1) is 17.3 Å². The summed E-state index contributed by atoms with van der Waals surface area (Å²) in [5.41, 5.74) is 4.38. The smallest absolute Gasteiger partial charge is 0.143 e. The number of para-hydroxylation sites is 1. The second kappa shape index (κ2) is 9.13. The Hall–Kier alpha value is -2.73. The Kier molecular flexibility index (Phi) is 5.53. The zero-order valence-corrected chi connectivity index (χ0v) is 24.2. The van der Waals surface area contributed by atoms with Crippen molar-refractivity contribution in [1.29, 1.82) is 0 Å². The number of nitrogens with zero attached hydrogens (tertiary/aromatic N) is 3. The number of rotatable bonds is 1. The van der Waals surface area contributed by atoms with Gasteiger partial charge in [-0.2, -0.15) is 0 Å². The first kappa shape index (κ1) is 24.8. The Labute approximate surface area is 243 Å². The lowest BCUT2D eigenvalue weighted by molar-refractivity contribution is -0.151. The van der Waals surface area contributed by atoms with Crippen molar-refractivity contribution in [3.8, 4) is 0 Å². The van der Waals surface area contributed by atoms with E-state index in [1.807, 2.05) is 6.20 Å². The van der Waals surface area contributed by atoms with Crippen LogP contribution in [0.5, 0.6) is 0 Å². The van der Waals surface area contributed by atoms with E-state index in [0.29, 0.717) is 12.0 Å². The molecule has 212 valence electrons. The molecule has 0 radical (unpaired) electrons. The molecule has 9 rings (SSSR count). The molecule has 5 aliphatic heterocycles. The van der Waals surface area contributed by atoms with Crippen LogP contribution in [0.15, 0.2) is 66.9 Å². The summed E-state index contributed by atoms with van der Waals surface area (Å²) in [6.45, 7) is 4.79. The molecule has 6 atom stereocenters. The highest BCUT2D eigenvalue weighted by molar-refractivity contribution is 6.10. The molecule has 1 aliphatic carbocycles. The number of fused-ring (bicyclic) bond motifs is 4. The summed E-state index contributed by atoms with van der Waals surface area (Å²) in [7, 11) is 0. The van der Waals surface area contributed by atoms with Gasteiger partial charge in [0.2, 0.25) is 0 Å². The number of aromatic nitrogens is 2. The van der Waals surface area contributed by atoms with Crippen LogP contribution in [0, 0.1) is 11.3 Å². The summed E-state index contributed by atoms with van der Waals surface area (Å²) >= 11 is 0. The van der Waals surface area contributed by atoms with E-state index in [1.165, 1.54) is 92.0 Å². The maximum absolute atomic E-state index is 7.71. The molecule has 41 heavy (non-hydrogen) atoms. The van der Waals surface area contributed by atoms with Gasteiger partial charge in [-0.3, -0.25) is 9.88 Å². The number of ether oxygens (including phenoxy) is 1. The van der Waals surface area contributed by atoms with Crippen LogP contribution >= 0.6 is 0 Å². The van der Waals surface area contributed by atoms with Gasteiger partial charge in [-0.1, -0.05) is 42.5 Å². The van der Waals surface area contributed by atoms with Gasteiger partial charge in [-0.25, -0.2) is 0 Å². The molecule has 1 spiro atoms. The number of aromatic amines is 1. The second-order valence-electron chi connectivity index (χ2n) is 13.8. The van der Waals surface area contributed by atoms with Crippen molar-refractivity contribution >= 4 is 27.4 Å². The fourth-order valence-corrected chi connectivity index (χ4v) is 10.1. The van der Waals surface area contributed by atoms with Crippen LogP contribution in [0.2, 0.25) is 0 Å². The summed E-state index contributed by atoms with van der Waals surface area (Å²) in [4.78, 5) is 14.7. The largest absolute Gasteiger partial charge is 0.353 e. The lowest BCUT2D eigenvalue weighted by atomic mass is 9.54. The molecule has 5 heteroatoms. The Morgan fingerprint density at radius 3 is 2.76 bits per heavy atom. The van der Waals surface area contributed by atoms with Gasteiger partial charge in [0.15, 0.2) is 0 Å². The predicted octanol–water partition coefficient (Wildman–Crippen LogP) is 7.22. The molecule has 6 aliphatic rings. The lowest BCUT2D eigenvalue weighted by Gasteiger charge is -2.59. The average Bonchev–Trinajstić information content (AvgIpc) is 3.56. The minimum Gasteiger partial charge on any atom is -0.353 e. The quantitative estimate of drug-likeness (QED) is 0.327. The highest BCUT2D eigenvalue weighted by Gasteiger charge is 2.77. The summed E-state index contributed by atoms with van der Waals surface area (Å²) in [6, 6.07) is 11.3. The molecule has 0 amide bonds. The van der Waals surface area contributed by atoms with E-state index in [4.69, 9.17) is 9.72 Å². The van der Waals surface area contributed by atoms with Gasteiger partial charge in [0.25, 0.3) is 0 Å². The third-order valence-electron chi connectivity index (χ3n) is 11.6. The third kappa shape index (κ3) is 3.43. The van der Waals surface area contributed by atoms with Crippen molar-refractivity contribution in [2.75, 3.05) is 26.2 Å². The normalized spacial score (nSPS) is 40.2. The number of allylic oxidation sites excluding steroid dienone is 4. The zero-order valence-electron chi connectivity index (χ0n) is 24.2. The zero-order chi connectivity index (χ0) is 27.1. The molecule has 1 unspecified atom stereocenters. The monoisotopic (exact) mass is 546 g/mol. The first-order valence-corrected chi connectivity index (χ1v) is 16.3. The molecule has 3 aromatic rings. The highest BCUT2D eigenvalue weighted by atomic mass is 16.6. The maximum atomic E-state index is 7.71. The molecule has 3 fully saturated rings. The fraction of sp³-hybridized carbons (Fsp3) is 0.528. The van der Waals surface area contributed by atoms with Gasteiger partial charge < -0.3 is 14.6 Å². The van der Waals surface area contributed by atoms with Gasteiger partial charge in [-0.15, -0.1) is 0 Å². The molecule has 3 saturated heterocycles. The number of hydrogen-bond acceptors (Lipinski definition) is 4. The van der Waals surface area contributed by atoms with Crippen LogP contribution in [0.4, 0.5) is 0 Å². The van der Waals surface area contributed by atoms with Crippen molar-refractivity contribution in [2.24, 2.45) is 11.3 Å². The van der Waals surface area contributed by atoms with E-state index in [9.17, 15) is 0 Å². The second-order valence-corrected chi connectivity index (χ2v) is 13.8. The number of benzene rings is 1. The summed E-state index contributed by atoms with van der Waals surface area (Å²) < 4.78 is 7.71. The summed E-state index contributed by atoms with van der Waals surface area (Å²) in [5.74, 6) is 0.552. The van der Waals surface area contributed by atoms with Crippen LogP contribution < -0.4 is 0 Å². The lowest BCUT2D eigenvalue weighted by Crippen LogP contribution is -2.65. The maximum Gasteiger partial charge on any atom is 0.143 e. The van der Waals surface area contributed by atoms with Crippen LogP contribution in [0.1, 0.15) is 69.9 Å². The van der Waals surface area contributed by atoms with Crippen molar-refractivity contribution in [2.45, 2.75) is 81.6 Å². The number of H-pyrrole nitrogens is 1. The van der Waals surface area contributed by atoms with Crippen LogP contribution in [-0.2, 0) is 4.74 Å². The minimum absolute atomic E-state index is 0.223. The SMILES string of the molecule is C1=C(c2nccc3c2[nH]c2ccccc23)[C@@]23CC/C=C\CCCCN4CC[C@H]1[C@@]1(C4)C[C@@]4(/C=C\CCCCN4[C@H]12)O3. The standard InChI is InChI=1S/C36H42N4O/c1-2-5-11-20-39-22-16-26-23-29(32-31-28(15-19-37-32)27-13-7-8-14-30(27)38-31)36(18-10-3-1)33-34(26,25-39)24-35(41-36)17-9-4-6-12-21-40(33)35/h1,3,7-9,13-15,17,19,23,26,33,38H,2,4-6,10-12,16,18,20-22,24-25H2/b3-1-,17-9-/t26-,33-,34+,35-,36+/m1/s1. The minimum atomic E-state index is -0.372. The molecule has 7 heterocycles. The van der Waals surface area contributed by atoms with Crippen molar-refractivity contribution < 1.29 is 4.74 Å². The first-order chi connectivity index (χ1) is 20.2. The molecule has 2 aromatic heterocycles. The molecule has 1 aromatic carbocycles. The third-order valence-corrected chi connectivity index (χ3v) is 11.6. The molecule has 0 saturated carbocycles. The highest BCUT2D eigenvalue weighted by Crippen LogP contribution is 2.70. The molecular formula is C36H42N4O. The van der Waals surface area contributed by atoms with E-state index in [2.05, 4.69) is 75.5 Å². The fourth-order valence-electron chi connectivity index (χ4n) is 10.1. The number of pyridine rings is 1. The van der Waals surface area contributed by atoms with Crippen molar-refractivity contribution in [3.05, 3.63) is 72.6 Å². The predicted molar refractivity (Wildman–Crippen MR) is 165 cm³/mol. The van der Waals surface area contributed by atoms with E-state index in [1.54, 1.807) is 0 Å². The van der Waals surface area contributed by atoms with Crippen LogP contribution in [0.25, 0.3) is 27.4 Å². The Bertz CT molecular complexity index is 1600. The summed E-state index contributed by atoms with van der Waals surface area (Å²) in [6.07, 6.45) is 26.5. The molecule has 5 nitrogen and oxygen atoms in total. The summed E-state index contributed by atoms with van der Waals surface area (Å²) in [5, 5.41) is 2.55. The molecular weight excluding hydrogens is 504 g/mol. The van der Waals surface area contributed by atoms with E-state index in [-0.39, 0.29) is 16.7 Å². The number of nitrogens with one attached hydrogen (secondary N) is 1. The van der Waals surface area contributed by atoms with Gasteiger partial charge in [0, 0.05) is 53.0 Å². The van der Waals surface area contributed by atoms with E-state index >= 15 is 0 Å². The number of piperidine rings is 1. The van der Waals surface area contributed by atoms with Crippen LogP contribution in [0.3, 0.4) is 0 Å². The Balaban J connectivity index is 1.30. The number of hydrogen-bond donors (Lipinski definition) is 1. The van der Waals surface area contributed by atoms with Crippen molar-refractivity contribution in [3.63, 3.8) is 0 Å². The van der Waals surface area contributed by atoms with E-state index in [0.717, 1.165) is 31.5 Å². The van der Waals surface area contributed by atoms with Gasteiger partial charge in [0.1, 0.15) is 11.3 Å².